The van der Waals surface area contributed by atoms with Gasteiger partial charge in [-0.25, -0.2) is 9.97 Å². The summed E-state index contributed by atoms with van der Waals surface area (Å²) in [5.41, 5.74) is 5.49. The van der Waals surface area contributed by atoms with Gasteiger partial charge in [0.2, 0.25) is 0 Å². The van der Waals surface area contributed by atoms with Gasteiger partial charge in [0.25, 0.3) is 5.91 Å². The minimum Gasteiger partial charge on any atom is -0.308 e. The van der Waals surface area contributed by atoms with Crippen LogP contribution >= 0.6 is 22.7 Å². The fourth-order valence-electron chi connectivity index (χ4n) is 2.92. The standard InChI is InChI=1S/C20H20N4OS2/c1-13-5-4-6-16-18(13)22-20(27-16)24(10-9-23(2)3)19(25)14-7-8-15-17(11-14)26-12-21-15/h4-8,11-12H,9-10H2,1-3H3. The maximum Gasteiger partial charge on any atom is 0.260 e. The van der Waals surface area contributed by atoms with Crippen LogP contribution in [0.25, 0.3) is 20.4 Å². The van der Waals surface area contributed by atoms with E-state index in [1.54, 1.807) is 33.1 Å². The summed E-state index contributed by atoms with van der Waals surface area (Å²) in [6.07, 6.45) is 0. The molecule has 0 saturated heterocycles. The predicted octanol–water partition coefficient (Wildman–Crippen LogP) is 4.42. The fraction of sp³-hybridized carbons (Fsp3) is 0.250. The zero-order valence-electron chi connectivity index (χ0n) is 15.5. The fourth-order valence-corrected chi connectivity index (χ4v) is 4.70. The average molecular weight is 397 g/mol. The lowest BCUT2D eigenvalue weighted by atomic mass is 10.2. The Labute approximate surface area is 165 Å². The number of thiazole rings is 2. The van der Waals surface area contributed by atoms with E-state index in [-0.39, 0.29) is 5.91 Å². The summed E-state index contributed by atoms with van der Waals surface area (Å²) in [5.74, 6) is -0.0242. The number of likely N-dealkylation sites (N-methyl/N-ethyl adjacent to an activating group) is 1. The minimum absolute atomic E-state index is 0.0242. The number of amides is 1. The number of nitrogens with zero attached hydrogens (tertiary/aromatic N) is 4. The van der Waals surface area contributed by atoms with Crippen molar-refractivity contribution in [2.24, 2.45) is 0 Å². The van der Waals surface area contributed by atoms with Crippen molar-refractivity contribution in [1.29, 1.82) is 0 Å². The first-order valence-electron chi connectivity index (χ1n) is 8.69. The number of anilines is 1. The van der Waals surface area contributed by atoms with Crippen molar-refractivity contribution in [2.75, 3.05) is 32.1 Å². The molecule has 0 aliphatic rings. The molecule has 0 atom stereocenters. The van der Waals surface area contributed by atoms with Gasteiger partial charge in [0, 0.05) is 18.7 Å². The summed E-state index contributed by atoms with van der Waals surface area (Å²) in [6.45, 7) is 3.41. The van der Waals surface area contributed by atoms with Crippen LogP contribution in [-0.2, 0) is 0 Å². The van der Waals surface area contributed by atoms with Gasteiger partial charge < -0.3 is 4.90 Å². The molecular weight excluding hydrogens is 376 g/mol. The van der Waals surface area contributed by atoms with E-state index in [4.69, 9.17) is 4.98 Å². The van der Waals surface area contributed by atoms with Crippen molar-refractivity contribution in [2.45, 2.75) is 6.92 Å². The van der Waals surface area contributed by atoms with Crippen LogP contribution in [0.15, 0.2) is 41.9 Å². The van der Waals surface area contributed by atoms with Crippen molar-refractivity contribution < 1.29 is 4.79 Å². The van der Waals surface area contributed by atoms with E-state index in [2.05, 4.69) is 28.9 Å². The first-order valence-corrected chi connectivity index (χ1v) is 10.4. The van der Waals surface area contributed by atoms with E-state index in [1.807, 2.05) is 38.4 Å². The topological polar surface area (TPSA) is 49.3 Å². The number of fused-ring (bicyclic) bond motifs is 2. The molecule has 5 nitrogen and oxygen atoms in total. The van der Waals surface area contributed by atoms with Gasteiger partial charge in [-0.1, -0.05) is 23.5 Å². The monoisotopic (exact) mass is 396 g/mol. The maximum absolute atomic E-state index is 13.3. The van der Waals surface area contributed by atoms with Crippen LogP contribution in [0.5, 0.6) is 0 Å². The van der Waals surface area contributed by atoms with Crippen LogP contribution in [0.1, 0.15) is 15.9 Å². The molecule has 0 saturated carbocycles. The highest BCUT2D eigenvalue weighted by atomic mass is 32.1. The lowest BCUT2D eigenvalue weighted by molar-refractivity contribution is 0.0985. The molecule has 0 N–H and O–H groups in total. The number of aryl methyl sites for hydroxylation is 1. The number of benzene rings is 2. The lowest BCUT2D eigenvalue weighted by Crippen LogP contribution is -2.36. The van der Waals surface area contributed by atoms with Crippen LogP contribution in [0.2, 0.25) is 0 Å². The number of para-hydroxylation sites is 1. The Balaban J connectivity index is 1.74. The van der Waals surface area contributed by atoms with Crippen LogP contribution < -0.4 is 4.90 Å². The SMILES string of the molecule is Cc1cccc2sc(N(CCN(C)C)C(=O)c3ccc4ncsc4c3)nc12. The summed E-state index contributed by atoms with van der Waals surface area (Å²) in [6, 6.07) is 11.8. The summed E-state index contributed by atoms with van der Waals surface area (Å²) >= 11 is 3.11. The van der Waals surface area contributed by atoms with E-state index in [0.717, 1.165) is 37.7 Å². The molecule has 2 aromatic heterocycles. The van der Waals surface area contributed by atoms with Crippen LogP contribution in [0, 0.1) is 6.92 Å². The smallest absolute Gasteiger partial charge is 0.260 e. The largest absolute Gasteiger partial charge is 0.308 e. The molecule has 0 bridgehead atoms. The molecule has 2 aromatic carbocycles. The Morgan fingerprint density at radius 3 is 2.74 bits per heavy atom. The first kappa shape index (κ1) is 18.0. The van der Waals surface area contributed by atoms with Crippen molar-refractivity contribution >= 4 is 54.1 Å². The minimum atomic E-state index is -0.0242. The third-order valence-electron chi connectivity index (χ3n) is 4.43. The molecule has 0 aliphatic heterocycles. The Hall–Kier alpha value is -2.35. The summed E-state index contributed by atoms with van der Waals surface area (Å²) in [7, 11) is 4.02. The number of aromatic nitrogens is 2. The molecule has 0 spiro atoms. The molecular formula is C20H20N4OS2. The number of carbonyl (C=O) groups is 1. The highest BCUT2D eigenvalue weighted by Crippen LogP contribution is 2.31. The molecule has 7 heteroatoms. The second-order valence-electron chi connectivity index (χ2n) is 6.71. The molecule has 4 rings (SSSR count). The second kappa shape index (κ2) is 7.34. The summed E-state index contributed by atoms with van der Waals surface area (Å²) in [4.78, 5) is 26.3. The maximum atomic E-state index is 13.3. The van der Waals surface area contributed by atoms with Gasteiger partial charge in [-0.15, -0.1) is 11.3 Å². The number of hydrogen-bond acceptors (Lipinski definition) is 6. The van der Waals surface area contributed by atoms with Crippen LogP contribution in [-0.4, -0.2) is 48.0 Å². The summed E-state index contributed by atoms with van der Waals surface area (Å²) in [5, 5.41) is 0.746. The van der Waals surface area contributed by atoms with Gasteiger partial charge in [-0.05, 0) is 50.8 Å². The van der Waals surface area contributed by atoms with Gasteiger partial charge >= 0.3 is 0 Å². The molecule has 0 aliphatic carbocycles. The number of hydrogen-bond donors (Lipinski definition) is 0. The van der Waals surface area contributed by atoms with Crippen molar-refractivity contribution in [3.8, 4) is 0 Å². The number of rotatable bonds is 5. The molecule has 4 aromatic rings. The Kier molecular flexibility index (Phi) is 4.90. The van der Waals surface area contributed by atoms with E-state index in [0.29, 0.717) is 12.1 Å². The van der Waals surface area contributed by atoms with E-state index in [1.165, 1.54) is 0 Å². The molecule has 0 unspecified atom stereocenters. The Morgan fingerprint density at radius 2 is 1.96 bits per heavy atom. The van der Waals surface area contributed by atoms with Gasteiger partial charge in [0.05, 0.1) is 25.9 Å². The second-order valence-corrected chi connectivity index (χ2v) is 8.61. The molecule has 27 heavy (non-hydrogen) atoms. The van der Waals surface area contributed by atoms with Crippen molar-refractivity contribution in [3.05, 3.63) is 53.0 Å². The summed E-state index contributed by atoms with van der Waals surface area (Å²) < 4.78 is 2.12. The van der Waals surface area contributed by atoms with Crippen molar-refractivity contribution in [3.63, 3.8) is 0 Å². The third kappa shape index (κ3) is 3.58. The van der Waals surface area contributed by atoms with Crippen LogP contribution in [0.3, 0.4) is 0 Å². The zero-order chi connectivity index (χ0) is 19.0. The van der Waals surface area contributed by atoms with Gasteiger partial charge in [-0.3, -0.25) is 9.69 Å². The lowest BCUT2D eigenvalue weighted by Gasteiger charge is -2.22. The molecule has 2 heterocycles. The Morgan fingerprint density at radius 1 is 1.11 bits per heavy atom. The highest BCUT2D eigenvalue weighted by molar-refractivity contribution is 7.22. The van der Waals surface area contributed by atoms with Crippen molar-refractivity contribution in [1.82, 2.24) is 14.9 Å². The van der Waals surface area contributed by atoms with E-state index < -0.39 is 0 Å². The molecule has 138 valence electrons. The highest BCUT2D eigenvalue weighted by Gasteiger charge is 2.22. The van der Waals surface area contributed by atoms with Gasteiger partial charge in [0.1, 0.15) is 0 Å². The van der Waals surface area contributed by atoms with Gasteiger partial charge in [0.15, 0.2) is 5.13 Å². The molecule has 0 radical (unpaired) electrons. The average Bonchev–Trinajstić information content (AvgIpc) is 3.28. The van der Waals surface area contributed by atoms with E-state index >= 15 is 0 Å². The predicted molar refractivity (Wildman–Crippen MR) is 114 cm³/mol. The molecule has 0 fully saturated rings. The van der Waals surface area contributed by atoms with E-state index in [9.17, 15) is 4.79 Å². The zero-order valence-corrected chi connectivity index (χ0v) is 17.1. The quantitative estimate of drug-likeness (QED) is 0.501. The number of carbonyl (C=O) groups excluding carboxylic acids is 1. The van der Waals surface area contributed by atoms with Crippen LogP contribution in [0.4, 0.5) is 5.13 Å². The Bertz CT molecular complexity index is 1120. The normalized spacial score (nSPS) is 11.6. The van der Waals surface area contributed by atoms with Gasteiger partial charge in [-0.2, -0.15) is 0 Å². The third-order valence-corrected chi connectivity index (χ3v) is 6.27. The molecule has 1 amide bonds. The first-order chi connectivity index (χ1) is 13.0.